The van der Waals surface area contributed by atoms with Crippen LogP contribution in [-0.2, 0) is 20.9 Å². The number of aryl methyl sites for hydroxylation is 1. The molecule has 0 saturated carbocycles. The number of fused-ring (bicyclic) bond motifs is 1. The smallest absolute Gasteiger partial charge is 0.475 e. The highest BCUT2D eigenvalue weighted by molar-refractivity contribution is 7.05. The molecule has 2 amide bonds. The Bertz CT molecular complexity index is 1020. The van der Waals surface area contributed by atoms with Crippen LogP contribution in [0.1, 0.15) is 40.2 Å². The van der Waals surface area contributed by atoms with E-state index in [0.717, 1.165) is 23.3 Å². The van der Waals surface area contributed by atoms with Gasteiger partial charge in [0.25, 0.3) is 5.91 Å². The minimum Gasteiger partial charge on any atom is -0.475 e. The number of carboxylic acid groups (broad SMARTS) is 1. The molecule has 34 heavy (non-hydrogen) atoms. The number of carbonyl (C=O) groups is 3. The van der Waals surface area contributed by atoms with Gasteiger partial charge in [-0.2, -0.15) is 13.2 Å². The van der Waals surface area contributed by atoms with E-state index >= 15 is 0 Å². The zero-order valence-electron chi connectivity index (χ0n) is 18.0. The number of carboxylic acids is 1. The third-order valence-electron chi connectivity index (χ3n) is 5.39. The molecule has 0 aromatic carbocycles. The molecule has 2 aromatic rings. The van der Waals surface area contributed by atoms with E-state index in [1.807, 2.05) is 24.0 Å². The lowest BCUT2D eigenvalue weighted by atomic mass is 9.98. The number of aliphatic carboxylic acids is 1. The number of rotatable bonds is 4. The maximum atomic E-state index is 12.7. The standard InChI is InChI=1S/C18H21N5O3S.C2HF3O2/c1-11-16(21-22-27-11)18(25)23-8-6-14-13(23)4-5-15(26-14)17(24)20-10-12-3-2-7-19-9-12;3-2(4,5)1(6)7/h2-3,7,9,13-15H,4-6,8,10H2,1H3,(H,20,24);(H,6,7)/t13-,14-,15-;/m1./s1. The van der Waals surface area contributed by atoms with Crippen molar-refractivity contribution in [2.24, 2.45) is 0 Å². The summed E-state index contributed by atoms with van der Waals surface area (Å²) in [6.45, 7) is 2.90. The van der Waals surface area contributed by atoms with Crippen LogP contribution in [0.25, 0.3) is 0 Å². The largest absolute Gasteiger partial charge is 0.490 e. The lowest BCUT2D eigenvalue weighted by Crippen LogP contribution is -2.49. The van der Waals surface area contributed by atoms with Crippen molar-refractivity contribution in [1.82, 2.24) is 24.8 Å². The Morgan fingerprint density at radius 2 is 2.03 bits per heavy atom. The molecule has 2 aromatic heterocycles. The van der Waals surface area contributed by atoms with Crippen LogP contribution < -0.4 is 5.32 Å². The molecule has 0 spiro atoms. The fourth-order valence-corrected chi connectivity index (χ4v) is 4.20. The molecule has 0 unspecified atom stereocenters. The van der Waals surface area contributed by atoms with E-state index in [9.17, 15) is 22.8 Å². The summed E-state index contributed by atoms with van der Waals surface area (Å²) >= 11 is 1.23. The summed E-state index contributed by atoms with van der Waals surface area (Å²) in [6.07, 6.45) is -0.153. The maximum absolute atomic E-state index is 12.7. The Balaban J connectivity index is 0.000000406. The number of pyridine rings is 1. The van der Waals surface area contributed by atoms with E-state index < -0.39 is 18.2 Å². The predicted octanol–water partition coefficient (Wildman–Crippen LogP) is 1.95. The van der Waals surface area contributed by atoms with E-state index in [4.69, 9.17) is 14.6 Å². The van der Waals surface area contributed by atoms with Gasteiger partial charge in [0.1, 0.15) is 6.10 Å². The minimum absolute atomic E-state index is 0.000901. The first-order valence-electron chi connectivity index (χ1n) is 10.3. The third kappa shape index (κ3) is 6.26. The van der Waals surface area contributed by atoms with Crippen LogP contribution >= 0.6 is 11.5 Å². The Morgan fingerprint density at radius 3 is 2.62 bits per heavy atom. The average Bonchev–Trinajstić information content (AvgIpc) is 3.43. The van der Waals surface area contributed by atoms with Crippen molar-refractivity contribution in [3.8, 4) is 0 Å². The van der Waals surface area contributed by atoms with Gasteiger partial charge in [-0.3, -0.25) is 14.6 Å². The first-order valence-corrected chi connectivity index (χ1v) is 11.1. The molecular weight excluding hydrogens is 479 g/mol. The van der Waals surface area contributed by atoms with Crippen LogP contribution in [0.4, 0.5) is 13.2 Å². The number of alkyl halides is 3. The van der Waals surface area contributed by atoms with Crippen molar-refractivity contribution in [2.45, 2.75) is 57.2 Å². The lowest BCUT2D eigenvalue weighted by Gasteiger charge is -2.35. The van der Waals surface area contributed by atoms with Crippen molar-refractivity contribution in [1.29, 1.82) is 0 Å². The average molecular weight is 501 g/mol. The van der Waals surface area contributed by atoms with Crippen LogP contribution in [-0.4, -0.2) is 73.3 Å². The SMILES string of the molecule is Cc1snnc1C(=O)N1CC[C@H]2O[C@@H](C(=O)NCc3cccnc3)CC[C@H]21.O=C(O)C(F)(F)F. The molecule has 3 atom stereocenters. The first-order chi connectivity index (χ1) is 16.1. The summed E-state index contributed by atoms with van der Waals surface area (Å²) in [4.78, 5) is 40.8. The molecule has 2 saturated heterocycles. The highest BCUT2D eigenvalue weighted by Crippen LogP contribution is 2.33. The number of ether oxygens (including phenoxy) is 1. The van der Waals surface area contributed by atoms with E-state index in [1.165, 1.54) is 11.5 Å². The quantitative estimate of drug-likeness (QED) is 0.649. The molecule has 0 bridgehead atoms. The first kappa shape index (κ1) is 25.5. The van der Waals surface area contributed by atoms with Gasteiger partial charge in [0.15, 0.2) is 5.69 Å². The topological polar surface area (TPSA) is 135 Å². The van der Waals surface area contributed by atoms with E-state index in [-0.39, 0.29) is 24.0 Å². The van der Waals surface area contributed by atoms with Crippen molar-refractivity contribution in [2.75, 3.05) is 6.54 Å². The van der Waals surface area contributed by atoms with Crippen LogP contribution in [0.2, 0.25) is 0 Å². The summed E-state index contributed by atoms with van der Waals surface area (Å²) < 4.78 is 41.6. The van der Waals surface area contributed by atoms with Gasteiger partial charge in [0, 0.05) is 25.5 Å². The number of likely N-dealkylation sites (tertiary alicyclic amines) is 1. The fraction of sp³-hybridized carbons (Fsp3) is 0.500. The highest BCUT2D eigenvalue weighted by Gasteiger charge is 2.44. The summed E-state index contributed by atoms with van der Waals surface area (Å²) in [7, 11) is 0. The maximum Gasteiger partial charge on any atom is 0.490 e. The highest BCUT2D eigenvalue weighted by atomic mass is 32.1. The number of carbonyl (C=O) groups excluding carboxylic acids is 2. The molecule has 2 aliphatic rings. The molecule has 14 heteroatoms. The summed E-state index contributed by atoms with van der Waals surface area (Å²) in [5.74, 6) is -2.95. The number of nitrogens with one attached hydrogen (secondary N) is 1. The Morgan fingerprint density at radius 1 is 1.29 bits per heavy atom. The van der Waals surface area contributed by atoms with Gasteiger partial charge in [-0.25, -0.2) is 4.79 Å². The van der Waals surface area contributed by atoms with Gasteiger partial charge in [0.2, 0.25) is 5.91 Å². The van der Waals surface area contributed by atoms with Crippen LogP contribution in [0.15, 0.2) is 24.5 Å². The van der Waals surface area contributed by atoms with Gasteiger partial charge < -0.3 is 20.1 Å². The van der Waals surface area contributed by atoms with Crippen LogP contribution in [0, 0.1) is 6.92 Å². The number of hydrogen-bond donors (Lipinski definition) is 2. The van der Waals surface area contributed by atoms with Gasteiger partial charge in [-0.05, 0) is 49.3 Å². The number of halogens is 3. The second kappa shape index (κ2) is 10.9. The van der Waals surface area contributed by atoms with E-state index in [2.05, 4.69) is 19.9 Å². The molecule has 4 heterocycles. The molecule has 2 aliphatic heterocycles. The predicted molar refractivity (Wildman–Crippen MR) is 112 cm³/mol. The third-order valence-corrected chi connectivity index (χ3v) is 6.02. The summed E-state index contributed by atoms with van der Waals surface area (Å²) in [5, 5.41) is 14.0. The van der Waals surface area contributed by atoms with Crippen molar-refractivity contribution >= 4 is 29.3 Å². The number of aromatic nitrogens is 3. The minimum atomic E-state index is -5.08. The van der Waals surface area contributed by atoms with Gasteiger partial charge in [-0.1, -0.05) is 10.6 Å². The molecule has 0 aliphatic carbocycles. The Hall–Kier alpha value is -3.13. The fourth-order valence-electron chi connectivity index (χ4n) is 3.74. The zero-order chi connectivity index (χ0) is 24.9. The molecule has 184 valence electrons. The van der Waals surface area contributed by atoms with Gasteiger partial charge in [0.05, 0.1) is 17.0 Å². The molecular formula is C20H22F3N5O5S. The summed E-state index contributed by atoms with van der Waals surface area (Å²) in [5.41, 5.74) is 1.38. The molecule has 4 rings (SSSR count). The Kier molecular flexibility index (Phi) is 8.15. The second-order valence-corrected chi connectivity index (χ2v) is 8.61. The molecule has 2 N–H and O–H groups in total. The van der Waals surface area contributed by atoms with E-state index in [1.54, 1.807) is 12.4 Å². The van der Waals surface area contributed by atoms with Gasteiger partial charge >= 0.3 is 12.1 Å². The van der Waals surface area contributed by atoms with E-state index in [0.29, 0.717) is 25.2 Å². The molecule has 0 radical (unpaired) electrons. The van der Waals surface area contributed by atoms with Crippen molar-refractivity contribution < 1.29 is 37.4 Å². The number of amides is 2. The number of hydrogen-bond acceptors (Lipinski definition) is 8. The second-order valence-electron chi connectivity index (χ2n) is 7.65. The Labute approximate surface area is 196 Å². The lowest BCUT2D eigenvalue weighted by molar-refractivity contribution is -0.192. The van der Waals surface area contributed by atoms with Crippen molar-refractivity contribution in [3.05, 3.63) is 40.7 Å². The number of nitrogens with zero attached hydrogens (tertiary/aromatic N) is 4. The van der Waals surface area contributed by atoms with Gasteiger partial charge in [-0.15, -0.1) is 5.10 Å². The summed E-state index contributed by atoms with van der Waals surface area (Å²) in [6, 6.07) is 3.76. The van der Waals surface area contributed by atoms with Crippen LogP contribution in [0.3, 0.4) is 0 Å². The molecule has 10 nitrogen and oxygen atoms in total. The van der Waals surface area contributed by atoms with Crippen LogP contribution in [0.5, 0.6) is 0 Å². The molecule has 2 fully saturated rings. The monoisotopic (exact) mass is 501 g/mol. The normalized spacial score (nSPS) is 21.8. The zero-order valence-corrected chi connectivity index (χ0v) is 18.8. The van der Waals surface area contributed by atoms with Crippen molar-refractivity contribution in [3.63, 3.8) is 0 Å².